The van der Waals surface area contributed by atoms with Gasteiger partial charge in [0.25, 0.3) is 5.69 Å². The summed E-state index contributed by atoms with van der Waals surface area (Å²) in [7, 11) is 1.32. The molecule has 0 radical (unpaired) electrons. The number of hydrogen-bond donors (Lipinski definition) is 2. The molecule has 0 atom stereocenters. The highest BCUT2D eigenvalue weighted by Gasteiger charge is 2.17. The standard InChI is InChI=1S/C16H24N4O5/c1-4-19(5-2)10-6-9-17-15(21)16(22)18-13-8-7-12(20(23)24)11-14(13)25-3/h7-8,11H,4-6,9-10H2,1-3H3,(H,17,21)(H,18,22). The molecule has 2 N–H and O–H groups in total. The number of amides is 2. The zero-order valence-electron chi connectivity index (χ0n) is 14.7. The second kappa shape index (κ2) is 10.2. The van der Waals surface area contributed by atoms with Crippen LogP contribution in [0.4, 0.5) is 11.4 Å². The van der Waals surface area contributed by atoms with Crippen LogP contribution in [0.2, 0.25) is 0 Å². The van der Waals surface area contributed by atoms with E-state index in [1.54, 1.807) is 0 Å². The Kier molecular flexibility index (Phi) is 8.34. The van der Waals surface area contributed by atoms with Crippen molar-refractivity contribution in [3.63, 3.8) is 0 Å². The molecule has 0 spiro atoms. The average Bonchev–Trinajstić information content (AvgIpc) is 2.61. The van der Waals surface area contributed by atoms with Crippen LogP contribution < -0.4 is 15.4 Å². The van der Waals surface area contributed by atoms with E-state index < -0.39 is 16.7 Å². The molecule has 2 amide bonds. The summed E-state index contributed by atoms with van der Waals surface area (Å²) in [6.07, 6.45) is 0.738. The molecule has 0 saturated heterocycles. The van der Waals surface area contributed by atoms with Gasteiger partial charge in [0, 0.05) is 12.6 Å². The van der Waals surface area contributed by atoms with E-state index in [9.17, 15) is 19.7 Å². The van der Waals surface area contributed by atoms with E-state index in [0.717, 1.165) is 26.1 Å². The zero-order valence-corrected chi connectivity index (χ0v) is 14.7. The molecule has 138 valence electrons. The maximum absolute atomic E-state index is 11.9. The minimum absolute atomic E-state index is 0.108. The summed E-state index contributed by atoms with van der Waals surface area (Å²) in [5, 5.41) is 15.7. The number of ether oxygens (including phenoxy) is 1. The normalized spacial score (nSPS) is 10.4. The van der Waals surface area contributed by atoms with Crippen LogP contribution in [0.25, 0.3) is 0 Å². The lowest BCUT2D eigenvalue weighted by Crippen LogP contribution is -2.37. The van der Waals surface area contributed by atoms with Gasteiger partial charge in [-0.3, -0.25) is 19.7 Å². The van der Waals surface area contributed by atoms with Crippen molar-refractivity contribution in [1.82, 2.24) is 10.2 Å². The molecule has 0 bridgehead atoms. The molecular formula is C16H24N4O5. The van der Waals surface area contributed by atoms with E-state index >= 15 is 0 Å². The molecule has 9 nitrogen and oxygen atoms in total. The lowest BCUT2D eigenvalue weighted by Gasteiger charge is -2.17. The van der Waals surface area contributed by atoms with Gasteiger partial charge in [-0.05, 0) is 32.1 Å². The van der Waals surface area contributed by atoms with Crippen LogP contribution >= 0.6 is 0 Å². The average molecular weight is 352 g/mol. The van der Waals surface area contributed by atoms with Crippen LogP contribution in [0.1, 0.15) is 20.3 Å². The second-order valence-electron chi connectivity index (χ2n) is 5.23. The molecule has 0 heterocycles. The molecule has 1 rings (SSSR count). The molecule has 0 fully saturated rings. The third-order valence-electron chi connectivity index (χ3n) is 3.68. The van der Waals surface area contributed by atoms with Gasteiger partial charge in [-0.15, -0.1) is 0 Å². The van der Waals surface area contributed by atoms with Gasteiger partial charge in [0.05, 0.1) is 23.8 Å². The summed E-state index contributed by atoms with van der Waals surface area (Å²) in [5.41, 5.74) is 0.0205. The Hall–Kier alpha value is -2.68. The number of anilines is 1. The third kappa shape index (κ3) is 6.38. The molecule has 0 aliphatic rings. The summed E-state index contributed by atoms with van der Waals surface area (Å²) < 4.78 is 5.01. The number of nitro groups is 1. The molecule has 0 unspecified atom stereocenters. The smallest absolute Gasteiger partial charge is 0.313 e. The van der Waals surface area contributed by atoms with E-state index in [4.69, 9.17) is 4.74 Å². The number of nitrogens with one attached hydrogen (secondary N) is 2. The maximum atomic E-state index is 11.9. The van der Waals surface area contributed by atoms with E-state index in [1.807, 2.05) is 0 Å². The van der Waals surface area contributed by atoms with Crippen LogP contribution in [-0.2, 0) is 9.59 Å². The molecule has 25 heavy (non-hydrogen) atoms. The van der Waals surface area contributed by atoms with Crippen LogP contribution in [0.3, 0.4) is 0 Å². The first-order valence-electron chi connectivity index (χ1n) is 8.06. The number of carbonyl (C=O) groups is 2. The first kappa shape index (κ1) is 20.4. The summed E-state index contributed by atoms with van der Waals surface area (Å²) in [5.74, 6) is -1.51. The van der Waals surface area contributed by atoms with E-state index in [1.165, 1.54) is 25.3 Å². The van der Waals surface area contributed by atoms with E-state index in [-0.39, 0.29) is 17.1 Å². The van der Waals surface area contributed by atoms with Crippen LogP contribution in [0, 0.1) is 10.1 Å². The van der Waals surface area contributed by atoms with Gasteiger partial charge in [0.1, 0.15) is 5.75 Å². The van der Waals surface area contributed by atoms with Crippen molar-refractivity contribution in [2.24, 2.45) is 0 Å². The lowest BCUT2D eigenvalue weighted by atomic mass is 10.2. The number of nitro benzene ring substituents is 1. The third-order valence-corrected chi connectivity index (χ3v) is 3.68. The minimum Gasteiger partial charge on any atom is -0.494 e. The molecule has 1 aromatic carbocycles. The van der Waals surface area contributed by atoms with E-state index in [0.29, 0.717) is 6.54 Å². The van der Waals surface area contributed by atoms with Gasteiger partial charge in [0.15, 0.2) is 0 Å². The topological polar surface area (TPSA) is 114 Å². The van der Waals surface area contributed by atoms with Crippen molar-refractivity contribution in [1.29, 1.82) is 0 Å². The molecule has 0 aliphatic carbocycles. The Balaban J connectivity index is 2.55. The molecule has 0 aromatic heterocycles. The van der Waals surface area contributed by atoms with Crippen molar-refractivity contribution in [2.75, 3.05) is 38.6 Å². The molecule has 9 heteroatoms. The Morgan fingerprint density at radius 2 is 1.92 bits per heavy atom. The highest BCUT2D eigenvalue weighted by Crippen LogP contribution is 2.28. The van der Waals surface area contributed by atoms with Crippen LogP contribution in [0.15, 0.2) is 18.2 Å². The second-order valence-corrected chi connectivity index (χ2v) is 5.23. The Labute approximate surface area is 146 Å². The predicted octanol–water partition coefficient (Wildman–Crippen LogP) is 1.39. The SMILES string of the molecule is CCN(CC)CCCNC(=O)C(=O)Nc1ccc([N+](=O)[O-])cc1OC. The molecule has 1 aromatic rings. The highest BCUT2D eigenvalue weighted by atomic mass is 16.6. The summed E-state index contributed by atoms with van der Waals surface area (Å²) in [6.45, 7) is 7.22. The number of hydrogen-bond acceptors (Lipinski definition) is 6. The van der Waals surface area contributed by atoms with E-state index in [2.05, 4.69) is 29.4 Å². The molecular weight excluding hydrogens is 328 g/mol. The first-order chi connectivity index (χ1) is 11.9. The van der Waals surface area contributed by atoms with Gasteiger partial charge in [0.2, 0.25) is 0 Å². The van der Waals surface area contributed by atoms with Crippen molar-refractivity contribution in [3.8, 4) is 5.75 Å². The van der Waals surface area contributed by atoms with Gasteiger partial charge < -0.3 is 20.3 Å². The number of carbonyl (C=O) groups excluding carboxylic acids is 2. The van der Waals surface area contributed by atoms with Gasteiger partial charge in [-0.25, -0.2) is 0 Å². The maximum Gasteiger partial charge on any atom is 0.313 e. The van der Waals surface area contributed by atoms with Crippen LogP contribution in [0.5, 0.6) is 5.75 Å². The number of rotatable bonds is 9. The lowest BCUT2D eigenvalue weighted by molar-refractivity contribution is -0.384. The molecule has 0 aliphatic heterocycles. The Morgan fingerprint density at radius 1 is 1.24 bits per heavy atom. The van der Waals surface area contributed by atoms with Crippen molar-refractivity contribution < 1.29 is 19.2 Å². The minimum atomic E-state index is -0.852. The number of benzene rings is 1. The molecule has 0 saturated carbocycles. The Morgan fingerprint density at radius 3 is 2.48 bits per heavy atom. The van der Waals surface area contributed by atoms with Gasteiger partial charge >= 0.3 is 11.8 Å². The number of methoxy groups -OCH3 is 1. The summed E-state index contributed by atoms with van der Waals surface area (Å²) in [4.78, 5) is 36.1. The van der Waals surface area contributed by atoms with Crippen LogP contribution in [-0.4, -0.2) is 54.9 Å². The van der Waals surface area contributed by atoms with Crippen molar-refractivity contribution in [3.05, 3.63) is 28.3 Å². The van der Waals surface area contributed by atoms with Gasteiger partial charge in [-0.2, -0.15) is 0 Å². The fourth-order valence-electron chi connectivity index (χ4n) is 2.20. The summed E-state index contributed by atoms with van der Waals surface area (Å²) in [6, 6.07) is 3.72. The van der Waals surface area contributed by atoms with Crippen molar-refractivity contribution in [2.45, 2.75) is 20.3 Å². The number of non-ortho nitro benzene ring substituents is 1. The fraction of sp³-hybridized carbons (Fsp3) is 0.500. The van der Waals surface area contributed by atoms with Gasteiger partial charge in [-0.1, -0.05) is 13.8 Å². The monoisotopic (exact) mass is 352 g/mol. The quantitative estimate of drug-likeness (QED) is 0.300. The highest BCUT2D eigenvalue weighted by molar-refractivity contribution is 6.39. The Bertz CT molecular complexity index is 617. The fourth-order valence-corrected chi connectivity index (χ4v) is 2.20. The predicted molar refractivity (Wildman–Crippen MR) is 93.7 cm³/mol. The number of nitrogens with zero attached hydrogens (tertiary/aromatic N) is 2. The zero-order chi connectivity index (χ0) is 18.8. The first-order valence-corrected chi connectivity index (χ1v) is 8.06. The summed E-state index contributed by atoms with van der Waals surface area (Å²) >= 11 is 0. The largest absolute Gasteiger partial charge is 0.494 e. The van der Waals surface area contributed by atoms with Crippen molar-refractivity contribution >= 4 is 23.2 Å².